The topological polar surface area (TPSA) is 46.9 Å². The van der Waals surface area contributed by atoms with E-state index in [2.05, 4.69) is 10.4 Å². The quantitative estimate of drug-likeness (QED) is 0.757. The molecule has 27 heavy (non-hydrogen) atoms. The van der Waals surface area contributed by atoms with Crippen LogP contribution in [-0.2, 0) is 13.0 Å². The van der Waals surface area contributed by atoms with E-state index in [1.54, 1.807) is 6.20 Å². The number of nitrogens with one attached hydrogen (secondary N) is 1. The number of nitrogens with zero attached hydrogens (tertiary/aromatic N) is 2. The fourth-order valence-corrected chi connectivity index (χ4v) is 3.57. The van der Waals surface area contributed by atoms with E-state index in [-0.39, 0.29) is 11.6 Å². The molecule has 1 aliphatic rings. The van der Waals surface area contributed by atoms with Gasteiger partial charge in [0.2, 0.25) is 0 Å². The molecule has 0 saturated carbocycles. The molecule has 0 bridgehead atoms. The van der Waals surface area contributed by atoms with Crippen molar-refractivity contribution >= 4 is 5.91 Å². The number of carbonyl (C=O) groups excluding carboxylic acids is 1. The monoisotopic (exact) mass is 367 g/mol. The predicted molar refractivity (Wildman–Crippen MR) is 97.3 cm³/mol. The smallest absolute Gasteiger partial charge is 0.254 e. The van der Waals surface area contributed by atoms with Crippen LogP contribution in [0.25, 0.3) is 0 Å². The summed E-state index contributed by atoms with van der Waals surface area (Å²) in [5.74, 6) is -2.10. The lowest BCUT2D eigenvalue weighted by atomic mass is 9.92. The van der Waals surface area contributed by atoms with Gasteiger partial charge < -0.3 is 5.32 Å². The van der Waals surface area contributed by atoms with Crippen molar-refractivity contribution in [2.75, 3.05) is 0 Å². The molecule has 1 atom stereocenters. The summed E-state index contributed by atoms with van der Waals surface area (Å²) in [6.07, 6.45) is 4.34. The van der Waals surface area contributed by atoms with Crippen molar-refractivity contribution in [3.63, 3.8) is 0 Å². The van der Waals surface area contributed by atoms with E-state index in [0.717, 1.165) is 48.2 Å². The summed E-state index contributed by atoms with van der Waals surface area (Å²) in [7, 11) is 0. The molecule has 1 aliphatic carbocycles. The molecule has 0 fully saturated rings. The lowest BCUT2D eigenvalue weighted by molar-refractivity contribution is 0.0928. The van der Waals surface area contributed by atoms with Gasteiger partial charge in [0.15, 0.2) is 0 Å². The summed E-state index contributed by atoms with van der Waals surface area (Å²) in [5.41, 5.74) is 3.06. The zero-order valence-electron chi connectivity index (χ0n) is 14.7. The average Bonchev–Trinajstić information content (AvgIpc) is 3.06. The average molecular weight is 367 g/mol. The third kappa shape index (κ3) is 3.60. The Hall–Kier alpha value is -3.02. The first-order chi connectivity index (χ1) is 13.1. The van der Waals surface area contributed by atoms with E-state index in [1.165, 1.54) is 6.07 Å². The Balaban J connectivity index is 1.54. The van der Waals surface area contributed by atoms with E-state index in [4.69, 9.17) is 0 Å². The van der Waals surface area contributed by atoms with Gasteiger partial charge in [0.25, 0.3) is 5.91 Å². The third-order valence-electron chi connectivity index (χ3n) is 4.92. The van der Waals surface area contributed by atoms with Crippen LogP contribution in [0.5, 0.6) is 0 Å². The highest BCUT2D eigenvalue weighted by Gasteiger charge is 2.26. The molecule has 0 spiro atoms. The van der Waals surface area contributed by atoms with E-state index in [1.807, 2.05) is 35.0 Å². The van der Waals surface area contributed by atoms with Crippen LogP contribution in [0.1, 0.15) is 46.1 Å². The summed E-state index contributed by atoms with van der Waals surface area (Å²) in [4.78, 5) is 12.5. The molecule has 4 rings (SSSR count). The number of benzene rings is 2. The molecule has 1 amide bonds. The zero-order valence-corrected chi connectivity index (χ0v) is 14.7. The van der Waals surface area contributed by atoms with Crippen LogP contribution in [0, 0.1) is 11.6 Å². The van der Waals surface area contributed by atoms with Crippen LogP contribution >= 0.6 is 0 Å². The second-order valence-electron chi connectivity index (χ2n) is 6.73. The molecule has 0 saturated heterocycles. The molecular formula is C21H19F2N3O. The summed E-state index contributed by atoms with van der Waals surface area (Å²) < 4.78 is 28.9. The zero-order chi connectivity index (χ0) is 18.8. The first kappa shape index (κ1) is 17.4. The van der Waals surface area contributed by atoms with Crippen molar-refractivity contribution in [1.29, 1.82) is 0 Å². The number of rotatable bonds is 4. The molecule has 1 N–H and O–H groups in total. The first-order valence-corrected chi connectivity index (χ1v) is 8.96. The van der Waals surface area contributed by atoms with Gasteiger partial charge in [0, 0.05) is 17.3 Å². The van der Waals surface area contributed by atoms with Gasteiger partial charge >= 0.3 is 0 Å². The minimum Gasteiger partial charge on any atom is -0.345 e. The van der Waals surface area contributed by atoms with Crippen molar-refractivity contribution in [1.82, 2.24) is 15.1 Å². The summed E-state index contributed by atoms with van der Waals surface area (Å²) in [6.45, 7) is 0.670. The maximum atomic E-state index is 13.9. The standard InChI is InChI=1S/C21H19F2N3O/c22-15-9-10-16(18(23)11-15)21(27)25-19-7-4-8-20-17(19)12-24-26(20)13-14-5-2-1-3-6-14/h1-3,5-6,9-12,19H,4,7-8,13H2,(H,25,27)/t19-/m1/s1. The van der Waals surface area contributed by atoms with E-state index < -0.39 is 17.5 Å². The minimum absolute atomic E-state index is 0.153. The molecule has 0 aliphatic heterocycles. The Morgan fingerprint density at radius 2 is 2.00 bits per heavy atom. The highest BCUT2D eigenvalue weighted by Crippen LogP contribution is 2.30. The molecule has 0 radical (unpaired) electrons. The maximum Gasteiger partial charge on any atom is 0.254 e. The second kappa shape index (κ2) is 7.31. The van der Waals surface area contributed by atoms with Crippen LogP contribution in [0.3, 0.4) is 0 Å². The number of aromatic nitrogens is 2. The summed E-state index contributed by atoms with van der Waals surface area (Å²) in [6, 6.07) is 12.8. The molecule has 4 nitrogen and oxygen atoms in total. The number of halogens is 2. The van der Waals surface area contributed by atoms with Crippen molar-refractivity contribution in [2.45, 2.75) is 31.8 Å². The molecule has 1 aromatic heterocycles. The molecule has 3 aromatic rings. The van der Waals surface area contributed by atoms with Crippen molar-refractivity contribution < 1.29 is 13.6 Å². The van der Waals surface area contributed by atoms with E-state index in [0.29, 0.717) is 6.54 Å². The van der Waals surface area contributed by atoms with Crippen molar-refractivity contribution in [2.24, 2.45) is 0 Å². The highest BCUT2D eigenvalue weighted by molar-refractivity contribution is 5.94. The van der Waals surface area contributed by atoms with E-state index >= 15 is 0 Å². The maximum absolute atomic E-state index is 13.9. The first-order valence-electron chi connectivity index (χ1n) is 8.96. The van der Waals surface area contributed by atoms with Crippen LogP contribution in [0.15, 0.2) is 54.7 Å². The van der Waals surface area contributed by atoms with Gasteiger partial charge in [-0.1, -0.05) is 30.3 Å². The number of carbonyl (C=O) groups is 1. The van der Waals surface area contributed by atoms with Gasteiger partial charge in [-0.25, -0.2) is 8.78 Å². The largest absolute Gasteiger partial charge is 0.345 e. The minimum atomic E-state index is -0.858. The fourth-order valence-electron chi connectivity index (χ4n) is 3.57. The lowest BCUT2D eigenvalue weighted by Gasteiger charge is -2.24. The van der Waals surface area contributed by atoms with Crippen LogP contribution in [-0.4, -0.2) is 15.7 Å². The summed E-state index contributed by atoms with van der Waals surface area (Å²) in [5, 5.41) is 7.37. The van der Waals surface area contributed by atoms with Gasteiger partial charge in [0.1, 0.15) is 11.6 Å². The van der Waals surface area contributed by atoms with Gasteiger partial charge in [-0.15, -0.1) is 0 Å². The molecule has 6 heteroatoms. The van der Waals surface area contributed by atoms with E-state index in [9.17, 15) is 13.6 Å². The Kier molecular flexibility index (Phi) is 4.71. The van der Waals surface area contributed by atoms with Gasteiger partial charge in [-0.2, -0.15) is 5.10 Å². The van der Waals surface area contributed by atoms with Gasteiger partial charge in [-0.3, -0.25) is 9.48 Å². The number of fused-ring (bicyclic) bond motifs is 1. The van der Waals surface area contributed by atoms with Crippen LogP contribution < -0.4 is 5.32 Å². The highest BCUT2D eigenvalue weighted by atomic mass is 19.1. The predicted octanol–water partition coefficient (Wildman–Crippen LogP) is 4.02. The molecule has 0 unspecified atom stereocenters. The Morgan fingerprint density at radius 3 is 2.78 bits per heavy atom. The van der Waals surface area contributed by atoms with Crippen LogP contribution in [0.2, 0.25) is 0 Å². The third-order valence-corrected chi connectivity index (χ3v) is 4.92. The lowest BCUT2D eigenvalue weighted by Crippen LogP contribution is -2.31. The van der Waals surface area contributed by atoms with Crippen LogP contribution in [0.4, 0.5) is 8.78 Å². The van der Waals surface area contributed by atoms with Crippen molar-refractivity contribution in [3.8, 4) is 0 Å². The summed E-state index contributed by atoms with van der Waals surface area (Å²) >= 11 is 0. The SMILES string of the molecule is O=C(N[C@@H]1CCCc2c1cnn2Cc1ccccc1)c1ccc(F)cc1F. The molecule has 138 valence electrons. The molecule has 2 aromatic carbocycles. The van der Waals surface area contributed by atoms with Crippen molar-refractivity contribution in [3.05, 3.63) is 88.7 Å². The number of hydrogen-bond acceptors (Lipinski definition) is 2. The molecule has 1 heterocycles. The molecular weight excluding hydrogens is 348 g/mol. The second-order valence-corrected chi connectivity index (χ2v) is 6.73. The fraction of sp³-hybridized carbons (Fsp3) is 0.238. The Bertz CT molecular complexity index is 969. The number of amides is 1. The van der Waals surface area contributed by atoms with Gasteiger partial charge in [0.05, 0.1) is 24.3 Å². The Morgan fingerprint density at radius 1 is 1.19 bits per heavy atom. The van der Waals surface area contributed by atoms with Gasteiger partial charge in [-0.05, 0) is 37.0 Å². The Labute approximate surface area is 155 Å². The number of hydrogen-bond donors (Lipinski definition) is 1. The normalized spacial score (nSPS) is 16.0.